The standard InChI is InChI=1S/C26H36N2O4/c1-4-6-7-8-11-18-31-22-16-14-21(15-17-22)26(30)28-27-25(29)19-32-24-13-10-9-12-23(24)20(3)5-2/h9-10,12-17,20H,4-8,11,18-19H2,1-3H3,(H,27,29)(H,28,30). The van der Waals surface area contributed by atoms with Crippen LogP contribution in [0.5, 0.6) is 11.5 Å². The normalized spacial score (nSPS) is 11.5. The molecule has 1 unspecified atom stereocenters. The van der Waals surface area contributed by atoms with Gasteiger partial charge in [-0.3, -0.25) is 20.4 Å². The number of amides is 2. The monoisotopic (exact) mass is 440 g/mol. The van der Waals surface area contributed by atoms with Crippen molar-refractivity contribution in [2.24, 2.45) is 0 Å². The van der Waals surface area contributed by atoms with Crippen LogP contribution in [0.25, 0.3) is 0 Å². The Hall–Kier alpha value is -3.02. The number of hydrazine groups is 1. The first-order chi connectivity index (χ1) is 15.5. The van der Waals surface area contributed by atoms with E-state index in [2.05, 4.69) is 31.6 Å². The summed E-state index contributed by atoms with van der Waals surface area (Å²) in [5, 5.41) is 0. The molecule has 2 N–H and O–H groups in total. The summed E-state index contributed by atoms with van der Waals surface area (Å²) in [6.45, 7) is 6.91. The van der Waals surface area contributed by atoms with Crippen molar-refractivity contribution < 1.29 is 19.1 Å². The number of nitrogens with one attached hydrogen (secondary N) is 2. The number of carbonyl (C=O) groups is 2. The first-order valence-corrected chi connectivity index (χ1v) is 11.6. The third-order valence-corrected chi connectivity index (χ3v) is 5.37. The van der Waals surface area contributed by atoms with Gasteiger partial charge in [0.2, 0.25) is 0 Å². The summed E-state index contributed by atoms with van der Waals surface area (Å²) in [7, 11) is 0. The molecule has 2 aromatic rings. The van der Waals surface area contributed by atoms with Crippen LogP contribution in [0.2, 0.25) is 0 Å². The van der Waals surface area contributed by atoms with Crippen molar-refractivity contribution in [3.05, 3.63) is 59.7 Å². The van der Waals surface area contributed by atoms with Crippen LogP contribution in [0.4, 0.5) is 0 Å². The van der Waals surface area contributed by atoms with Gasteiger partial charge in [0.05, 0.1) is 6.61 Å². The number of hydrogen-bond donors (Lipinski definition) is 2. The lowest BCUT2D eigenvalue weighted by Gasteiger charge is -2.15. The fraction of sp³-hybridized carbons (Fsp3) is 0.462. The minimum Gasteiger partial charge on any atom is -0.494 e. The van der Waals surface area contributed by atoms with E-state index < -0.39 is 11.8 Å². The second kappa shape index (κ2) is 14.1. The molecule has 0 aromatic heterocycles. The van der Waals surface area contributed by atoms with Crippen LogP contribution in [0.3, 0.4) is 0 Å². The highest BCUT2D eigenvalue weighted by molar-refractivity contribution is 5.95. The molecule has 0 aliphatic carbocycles. The Labute approximate surface area is 191 Å². The van der Waals surface area contributed by atoms with Crippen molar-refractivity contribution in [2.45, 2.75) is 65.2 Å². The molecule has 0 bridgehead atoms. The van der Waals surface area contributed by atoms with Crippen molar-refractivity contribution in [2.75, 3.05) is 13.2 Å². The van der Waals surface area contributed by atoms with Gasteiger partial charge in [-0.05, 0) is 54.7 Å². The van der Waals surface area contributed by atoms with Crippen LogP contribution >= 0.6 is 0 Å². The second-order valence-electron chi connectivity index (χ2n) is 7.93. The molecule has 6 nitrogen and oxygen atoms in total. The van der Waals surface area contributed by atoms with E-state index in [0.29, 0.717) is 23.8 Å². The zero-order valence-corrected chi connectivity index (χ0v) is 19.5. The lowest BCUT2D eigenvalue weighted by atomic mass is 9.98. The predicted octanol–water partition coefficient (Wildman–Crippen LogP) is 5.39. The molecule has 2 rings (SSSR count). The van der Waals surface area contributed by atoms with Gasteiger partial charge in [0.25, 0.3) is 11.8 Å². The Morgan fingerprint density at radius 3 is 2.31 bits per heavy atom. The maximum absolute atomic E-state index is 12.3. The Bertz CT molecular complexity index is 836. The summed E-state index contributed by atoms with van der Waals surface area (Å²) in [5.74, 6) is 0.922. The Balaban J connectivity index is 1.72. The van der Waals surface area contributed by atoms with Crippen LogP contribution in [0.1, 0.15) is 81.1 Å². The summed E-state index contributed by atoms with van der Waals surface area (Å²) < 4.78 is 11.4. The molecule has 0 spiro atoms. The minimum absolute atomic E-state index is 0.182. The summed E-state index contributed by atoms with van der Waals surface area (Å²) >= 11 is 0. The predicted molar refractivity (Wildman–Crippen MR) is 127 cm³/mol. The van der Waals surface area contributed by atoms with Crippen molar-refractivity contribution in [3.63, 3.8) is 0 Å². The molecule has 0 saturated carbocycles. The third-order valence-electron chi connectivity index (χ3n) is 5.37. The van der Waals surface area contributed by atoms with Crippen LogP contribution in [-0.2, 0) is 4.79 Å². The van der Waals surface area contributed by atoms with Gasteiger partial charge in [-0.25, -0.2) is 0 Å². The third kappa shape index (κ3) is 8.61. The van der Waals surface area contributed by atoms with Crippen LogP contribution in [0, 0.1) is 0 Å². The van der Waals surface area contributed by atoms with Gasteiger partial charge in [0.1, 0.15) is 11.5 Å². The fourth-order valence-corrected chi connectivity index (χ4v) is 3.22. The van der Waals surface area contributed by atoms with Gasteiger partial charge in [0.15, 0.2) is 6.61 Å². The van der Waals surface area contributed by atoms with Gasteiger partial charge in [-0.2, -0.15) is 0 Å². The Morgan fingerprint density at radius 2 is 1.59 bits per heavy atom. The average molecular weight is 441 g/mol. The Morgan fingerprint density at radius 1 is 0.875 bits per heavy atom. The lowest BCUT2D eigenvalue weighted by Crippen LogP contribution is -2.43. The number of benzene rings is 2. The van der Waals surface area contributed by atoms with Crippen LogP contribution in [-0.4, -0.2) is 25.0 Å². The summed E-state index contributed by atoms with van der Waals surface area (Å²) in [6, 6.07) is 14.6. The summed E-state index contributed by atoms with van der Waals surface area (Å²) in [4.78, 5) is 24.4. The molecule has 6 heteroatoms. The van der Waals surface area contributed by atoms with Gasteiger partial charge in [0, 0.05) is 5.56 Å². The van der Waals surface area contributed by atoms with Crippen molar-refractivity contribution in [1.82, 2.24) is 10.9 Å². The van der Waals surface area contributed by atoms with E-state index in [0.717, 1.165) is 24.2 Å². The lowest BCUT2D eigenvalue weighted by molar-refractivity contribution is -0.123. The molecule has 1 atom stereocenters. The molecule has 2 aromatic carbocycles. The highest BCUT2D eigenvalue weighted by atomic mass is 16.5. The molecule has 0 saturated heterocycles. The summed E-state index contributed by atoms with van der Waals surface area (Å²) in [5.41, 5.74) is 6.31. The minimum atomic E-state index is -0.430. The molecule has 2 amide bonds. The van der Waals surface area contributed by atoms with Crippen LogP contribution < -0.4 is 20.3 Å². The molecular weight excluding hydrogens is 404 g/mol. The molecule has 0 aliphatic rings. The average Bonchev–Trinajstić information content (AvgIpc) is 2.83. The quantitative estimate of drug-likeness (QED) is 0.323. The highest BCUT2D eigenvalue weighted by Gasteiger charge is 2.12. The molecular formula is C26H36N2O4. The van der Waals surface area contributed by atoms with E-state index in [1.807, 2.05) is 24.3 Å². The van der Waals surface area contributed by atoms with Crippen molar-refractivity contribution >= 4 is 11.8 Å². The maximum Gasteiger partial charge on any atom is 0.276 e. The molecule has 174 valence electrons. The zero-order valence-electron chi connectivity index (χ0n) is 19.5. The number of carbonyl (C=O) groups excluding carboxylic acids is 2. The van der Waals surface area contributed by atoms with E-state index in [-0.39, 0.29) is 6.61 Å². The van der Waals surface area contributed by atoms with E-state index >= 15 is 0 Å². The number of para-hydroxylation sites is 1. The van der Waals surface area contributed by atoms with E-state index in [9.17, 15) is 9.59 Å². The first kappa shape index (κ1) is 25.2. The van der Waals surface area contributed by atoms with Gasteiger partial charge in [-0.15, -0.1) is 0 Å². The fourth-order valence-electron chi connectivity index (χ4n) is 3.22. The van der Waals surface area contributed by atoms with E-state index in [1.165, 1.54) is 25.7 Å². The molecule has 32 heavy (non-hydrogen) atoms. The number of rotatable bonds is 13. The van der Waals surface area contributed by atoms with Gasteiger partial charge >= 0.3 is 0 Å². The SMILES string of the molecule is CCCCCCCOc1ccc(C(=O)NNC(=O)COc2ccccc2C(C)CC)cc1. The maximum atomic E-state index is 12.3. The van der Waals surface area contributed by atoms with Gasteiger partial charge < -0.3 is 9.47 Å². The van der Waals surface area contributed by atoms with Gasteiger partial charge in [-0.1, -0.05) is 64.7 Å². The molecule has 0 aliphatic heterocycles. The number of unbranched alkanes of at least 4 members (excludes halogenated alkanes) is 4. The van der Waals surface area contributed by atoms with E-state index in [4.69, 9.17) is 9.47 Å². The van der Waals surface area contributed by atoms with E-state index in [1.54, 1.807) is 24.3 Å². The van der Waals surface area contributed by atoms with Crippen molar-refractivity contribution in [1.29, 1.82) is 0 Å². The van der Waals surface area contributed by atoms with Crippen LogP contribution in [0.15, 0.2) is 48.5 Å². The molecule has 0 radical (unpaired) electrons. The highest BCUT2D eigenvalue weighted by Crippen LogP contribution is 2.28. The van der Waals surface area contributed by atoms with Crippen molar-refractivity contribution in [3.8, 4) is 11.5 Å². The summed E-state index contributed by atoms with van der Waals surface area (Å²) in [6.07, 6.45) is 6.90. The zero-order chi connectivity index (χ0) is 23.2. The topological polar surface area (TPSA) is 76.7 Å². The largest absolute Gasteiger partial charge is 0.494 e. The number of hydrogen-bond acceptors (Lipinski definition) is 4. The molecule has 0 fully saturated rings. The smallest absolute Gasteiger partial charge is 0.276 e. The number of ether oxygens (including phenoxy) is 2. The second-order valence-corrected chi connectivity index (χ2v) is 7.93. The first-order valence-electron chi connectivity index (χ1n) is 11.6. The Kier molecular flexibility index (Phi) is 11.1. The molecule has 0 heterocycles.